The molecular formula is C18H25NO2S. The summed E-state index contributed by atoms with van der Waals surface area (Å²) in [5, 5.41) is 0. The van der Waals surface area contributed by atoms with E-state index in [0.29, 0.717) is 11.4 Å². The molecule has 120 valence electrons. The van der Waals surface area contributed by atoms with E-state index in [1.807, 2.05) is 32.9 Å². The lowest BCUT2D eigenvalue weighted by Gasteiger charge is -2.36. The number of hydrogen-bond acceptors (Lipinski definition) is 2. The summed E-state index contributed by atoms with van der Waals surface area (Å²) >= 11 is 0. The number of sulfonamides is 1. The Morgan fingerprint density at radius 1 is 1.23 bits per heavy atom. The lowest BCUT2D eigenvalue weighted by atomic mass is 9.75. The summed E-state index contributed by atoms with van der Waals surface area (Å²) in [6.07, 6.45) is 0.769. The first-order chi connectivity index (χ1) is 10.1. The summed E-state index contributed by atoms with van der Waals surface area (Å²) in [6, 6.07) is 6.77. The molecule has 0 aliphatic carbocycles. The number of rotatable bonds is 4. The van der Waals surface area contributed by atoms with Crippen molar-refractivity contribution >= 4 is 10.0 Å². The van der Waals surface area contributed by atoms with Crippen molar-refractivity contribution in [1.29, 1.82) is 0 Å². The molecule has 1 aliphatic heterocycles. The molecule has 1 aromatic carbocycles. The van der Waals surface area contributed by atoms with Crippen molar-refractivity contribution < 1.29 is 8.42 Å². The first-order valence-electron chi connectivity index (χ1n) is 7.50. The average Bonchev–Trinajstić information content (AvgIpc) is 2.79. The van der Waals surface area contributed by atoms with E-state index in [1.165, 1.54) is 0 Å². The van der Waals surface area contributed by atoms with Crippen molar-refractivity contribution in [2.45, 2.75) is 45.1 Å². The molecule has 0 N–H and O–H groups in total. The van der Waals surface area contributed by atoms with Crippen molar-refractivity contribution in [2.24, 2.45) is 5.41 Å². The lowest BCUT2D eigenvalue weighted by Crippen LogP contribution is -2.42. The van der Waals surface area contributed by atoms with Gasteiger partial charge in [-0.25, -0.2) is 8.42 Å². The third kappa shape index (κ3) is 2.66. The summed E-state index contributed by atoms with van der Waals surface area (Å²) in [5.74, 6) is 0. The second-order valence-corrected chi connectivity index (χ2v) is 8.52. The van der Waals surface area contributed by atoms with Gasteiger partial charge in [0.05, 0.1) is 10.9 Å². The van der Waals surface area contributed by atoms with Crippen molar-refractivity contribution in [2.75, 3.05) is 6.54 Å². The van der Waals surface area contributed by atoms with Gasteiger partial charge in [0.15, 0.2) is 0 Å². The largest absolute Gasteiger partial charge is 0.243 e. The van der Waals surface area contributed by atoms with Crippen LogP contribution in [-0.2, 0) is 10.0 Å². The molecule has 1 fully saturated rings. The number of nitrogens with zero attached hydrogens (tertiary/aromatic N) is 1. The van der Waals surface area contributed by atoms with Gasteiger partial charge in [-0.05, 0) is 39.3 Å². The average molecular weight is 319 g/mol. The van der Waals surface area contributed by atoms with E-state index in [2.05, 4.69) is 20.1 Å². The second kappa shape index (κ2) is 5.67. The van der Waals surface area contributed by atoms with Crippen LogP contribution in [0.15, 0.2) is 53.5 Å². The standard InChI is InChI=1S/C18H25NO2S/c1-13(2)17-18(6,14(3)4)11-12-19(17)22(20,21)16-9-7-15(5)8-10-16/h7-10,17H,1,3,11-12H2,2,4-6H3/t17-,18+/m0/s1. The minimum atomic E-state index is -3.52. The van der Waals surface area contributed by atoms with E-state index >= 15 is 0 Å². The van der Waals surface area contributed by atoms with E-state index < -0.39 is 10.0 Å². The maximum Gasteiger partial charge on any atom is 0.243 e. The first kappa shape index (κ1) is 17.0. The molecule has 22 heavy (non-hydrogen) atoms. The Hall–Kier alpha value is -1.39. The minimum absolute atomic E-state index is 0.240. The highest BCUT2D eigenvalue weighted by molar-refractivity contribution is 7.89. The highest BCUT2D eigenvalue weighted by Gasteiger charge is 2.49. The highest BCUT2D eigenvalue weighted by atomic mass is 32.2. The van der Waals surface area contributed by atoms with Crippen LogP contribution >= 0.6 is 0 Å². The van der Waals surface area contributed by atoms with Crippen molar-refractivity contribution in [3.63, 3.8) is 0 Å². The predicted molar refractivity (Wildman–Crippen MR) is 91.2 cm³/mol. The smallest absolute Gasteiger partial charge is 0.207 e. The fourth-order valence-electron chi connectivity index (χ4n) is 3.27. The molecule has 1 saturated heterocycles. The molecule has 0 radical (unpaired) electrons. The van der Waals surface area contributed by atoms with Gasteiger partial charge in [-0.15, -0.1) is 0 Å². The van der Waals surface area contributed by atoms with Crippen LogP contribution in [0.2, 0.25) is 0 Å². The van der Waals surface area contributed by atoms with Gasteiger partial charge in [0, 0.05) is 12.0 Å². The van der Waals surface area contributed by atoms with Crippen molar-refractivity contribution in [3.8, 4) is 0 Å². The molecule has 0 spiro atoms. The third-order valence-electron chi connectivity index (χ3n) is 4.81. The normalized spacial score (nSPS) is 26.1. The fourth-order valence-corrected chi connectivity index (χ4v) is 5.04. The zero-order chi connectivity index (χ0) is 16.7. The van der Waals surface area contributed by atoms with Crippen LogP contribution in [0.3, 0.4) is 0 Å². The lowest BCUT2D eigenvalue weighted by molar-refractivity contribution is 0.313. The Morgan fingerprint density at radius 3 is 2.23 bits per heavy atom. The molecule has 0 unspecified atom stereocenters. The van der Waals surface area contributed by atoms with Crippen LogP contribution < -0.4 is 0 Å². The SMILES string of the molecule is C=C(C)[C@@H]1N(S(=O)(=O)c2ccc(C)cc2)CC[C@]1(C)C(=C)C. The van der Waals surface area contributed by atoms with Crippen LogP contribution in [0.1, 0.15) is 32.8 Å². The zero-order valence-electron chi connectivity index (χ0n) is 13.9. The van der Waals surface area contributed by atoms with Crippen LogP contribution in [0, 0.1) is 12.3 Å². The summed E-state index contributed by atoms with van der Waals surface area (Å²) in [4.78, 5) is 0.343. The van der Waals surface area contributed by atoms with Gasteiger partial charge >= 0.3 is 0 Å². The van der Waals surface area contributed by atoms with Crippen LogP contribution in [0.25, 0.3) is 0 Å². The van der Waals surface area contributed by atoms with E-state index in [4.69, 9.17) is 0 Å². The van der Waals surface area contributed by atoms with Gasteiger partial charge in [-0.1, -0.05) is 48.9 Å². The van der Waals surface area contributed by atoms with Crippen molar-refractivity contribution in [3.05, 3.63) is 54.1 Å². The number of hydrogen-bond donors (Lipinski definition) is 0. The van der Waals surface area contributed by atoms with Crippen LogP contribution in [0.5, 0.6) is 0 Å². The molecule has 0 saturated carbocycles. The first-order valence-corrected chi connectivity index (χ1v) is 8.94. The van der Waals surface area contributed by atoms with E-state index in [-0.39, 0.29) is 11.5 Å². The molecule has 1 aliphatic rings. The molecule has 3 nitrogen and oxygen atoms in total. The molecule has 4 heteroatoms. The highest BCUT2D eigenvalue weighted by Crippen LogP contribution is 2.46. The van der Waals surface area contributed by atoms with Gasteiger partial charge in [0.2, 0.25) is 10.0 Å². The molecule has 2 atom stereocenters. The van der Waals surface area contributed by atoms with Gasteiger partial charge in [0.1, 0.15) is 0 Å². The Labute approximate surface area is 134 Å². The monoisotopic (exact) mass is 319 g/mol. The quantitative estimate of drug-likeness (QED) is 0.789. The van der Waals surface area contributed by atoms with E-state index in [1.54, 1.807) is 16.4 Å². The number of benzene rings is 1. The maximum atomic E-state index is 13.0. The van der Waals surface area contributed by atoms with Crippen molar-refractivity contribution in [1.82, 2.24) is 4.31 Å². The molecule has 1 aromatic rings. The topological polar surface area (TPSA) is 37.4 Å². The molecular weight excluding hydrogens is 294 g/mol. The number of aryl methyl sites for hydroxylation is 1. The zero-order valence-corrected chi connectivity index (χ0v) is 14.7. The molecule has 0 bridgehead atoms. The van der Waals surface area contributed by atoms with E-state index in [9.17, 15) is 8.42 Å². The molecule has 2 rings (SSSR count). The molecule has 0 aromatic heterocycles. The maximum absolute atomic E-state index is 13.0. The molecule has 1 heterocycles. The molecule has 0 amide bonds. The van der Waals surface area contributed by atoms with Crippen LogP contribution in [-0.4, -0.2) is 25.3 Å². The summed E-state index contributed by atoms with van der Waals surface area (Å²) in [7, 11) is -3.52. The van der Waals surface area contributed by atoms with E-state index in [0.717, 1.165) is 23.1 Å². The van der Waals surface area contributed by atoms with Crippen LogP contribution in [0.4, 0.5) is 0 Å². The summed E-state index contributed by atoms with van der Waals surface area (Å²) in [6.45, 7) is 16.5. The Bertz CT molecular complexity index is 703. The van der Waals surface area contributed by atoms with Gasteiger partial charge in [-0.2, -0.15) is 4.31 Å². The predicted octanol–water partition coefficient (Wildman–Crippen LogP) is 3.92. The van der Waals surface area contributed by atoms with Gasteiger partial charge < -0.3 is 0 Å². The van der Waals surface area contributed by atoms with Gasteiger partial charge in [0.25, 0.3) is 0 Å². The Kier molecular flexibility index (Phi) is 4.37. The third-order valence-corrected chi connectivity index (χ3v) is 6.69. The minimum Gasteiger partial charge on any atom is -0.207 e. The second-order valence-electron chi connectivity index (χ2n) is 6.63. The Morgan fingerprint density at radius 2 is 1.77 bits per heavy atom. The Balaban J connectivity index is 2.49. The fraction of sp³-hybridized carbons (Fsp3) is 0.444. The summed E-state index contributed by atoms with van der Waals surface area (Å²) in [5.41, 5.74) is 2.65. The summed E-state index contributed by atoms with van der Waals surface area (Å²) < 4.78 is 27.6. The van der Waals surface area contributed by atoms with Gasteiger partial charge in [-0.3, -0.25) is 0 Å².